The molecule has 42 heavy (non-hydrogen) atoms. The molecule has 0 fully saturated rings. The van der Waals surface area contributed by atoms with Gasteiger partial charge in [-0.3, -0.25) is 0 Å². The van der Waals surface area contributed by atoms with Crippen molar-refractivity contribution in [3.63, 3.8) is 0 Å². The molecule has 0 radical (unpaired) electrons. The summed E-state index contributed by atoms with van der Waals surface area (Å²) in [7, 11) is 0. The van der Waals surface area contributed by atoms with E-state index in [1.807, 2.05) is 0 Å². The normalized spacial score (nSPS) is 11.4. The van der Waals surface area contributed by atoms with Crippen LogP contribution in [0.4, 0.5) is 0 Å². The number of hydrogen-bond donors (Lipinski definition) is 2. The van der Waals surface area contributed by atoms with Crippen LogP contribution in [0.3, 0.4) is 0 Å². The Morgan fingerprint density at radius 2 is 0.762 bits per heavy atom. The summed E-state index contributed by atoms with van der Waals surface area (Å²) in [5, 5.41) is 11.4. The van der Waals surface area contributed by atoms with Crippen LogP contribution < -0.4 is 22.3 Å². The van der Waals surface area contributed by atoms with Crippen LogP contribution >= 0.6 is 0 Å². The summed E-state index contributed by atoms with van der Waals surface area (Å²) in [6, 6.07) is 0. The van der Waals surface area contributed by atoms with Crippen LogP contribution in [0.2, 0.25) is 0 Å². The molecule has 0 aromatic heterocycles. The average molecular weight is 663 g/mol. The summed E-state index contributed by atoms with van der Waals surface area (Å²) in [6.45, 7) is 8.30. The molecule has 0 saturated heterocycles. The SMILES string of the molecule is CCCCCCCCCCCCCCCCC(CCCCCCCCCCCCCCCC)C[NH2+]CCOCCO.[Br-]. The summed E-state index contributed by atoms with van der Waals surface area (Å²) in [5.41, 5.74) is 0. The molecule has 0 unspecified atom stereocenters. The number of aliphatic hydroxyl groups is 1. The number of hydrogen-bond acceptors (Lipinski definition) is 2. The summed E-state index contributed by atoms with van der Waals surface area (Å²) < 4.78 is 5.46. The summed E-state index contributed by atoms with van der Waals surface area (Å²) in [6.07, 6.45) is 43.3. The summed E-state index contributed by atoms with van der Waals surface area (Å²) in [5.74, 6) is 0.877. The average Bonchev–Trinajstić information content (AvgIpc) is 2.98. The third-order valence-electron chi connectivity index (χ3n) is 9.13. The topological polar surface area (TPSA) is 46.1 Å². The van der Waals surface area contributed by atoms with Crippen molar-refractivity contribution in [3.8, 4) is 0 Å². The third kappa shape index (κ3) is 38.4. The standard InChI is InChI=1S/C38H79NO2.BrH/c1-3-5-7-9-11-13-15-17-19-21-23-25-27-29-31-38(37-39-33-35-41-36-34-40)32-30-28-26-24-22-20-18-16-14-12-10-8-6-4-2;/h38-40H,3-37H2,1-2H3;1H. The maximum Gasteiger partial charge on any atom is 0.0993 e. The second-order valence-electron chi connectivity index (χ2n) is 13.3. The fourth-order valence-corrected chi connectivity index (χ4v) is 6.32. The minimum Gasteiger partial charge on any atom is -1.00 e. The fourth-order valence-electron chi connectivity index (χ4n) is 6.32. The monoisotopic (exact) mass is 662 g/mol. The van der Waals surface area contributed by atoms with Crippen molar-refractivity contribution in [2.24, 2.45) is 5.92 Å². The zero-order valence-corrected chi connectivity index (χ0v) is 30.7. The molecule has 0 heterocycles. The molecule has 0 bridgehead atoms. The Kier molecular flexibility index (Phi) is 43.8. The van der Waals surface area contributed by atoms with E-state index in [4.69, 9.17) is 9.84 Å². The number of ether oxygens (including phenoxy) is 1. The largest absolute Gasteiger partial charge is 1.00 e. The van der Waals surface area contributed by atoms with E-state index in [1.165, 1.54) is 199 Å². The van der Waals surface area contributed by atoms with Crippen LogP contribution in [-0.4, -0.2) is 38.0 Å². The Hall–Kier alpha value is 0.360. The van der Waals surface area contributed by atoms with E-state index in [-0.39, 0.29) is 23.6 Å². The Labute approximate surface area is 276 Å². The van der Waals surface area contributed by atoms with E-state index >= 15 is 0 Å². The molecule has 0 aromatic carbocycles. The van der Waals surface area contributed by atoms with Crippen LogP contribution in [0.15, 0.2) is 0 Å². The van der Waals surface area contributed by atoms with Crippen LogP contribution in [0.25, 0.3) is 0 Å². The van der Waals surface area contributed by atoms with E-state index in [1.54, 1.807) is 0 Å². The minimum atomic E-state index is 0. The van der Waals surface area contributed by atoms with Crippen molar-refractivity contribution >= 4 is 0 Å². The Bertz CT molecular complexity index is 419. The van der Waals surface area contributed by atoms with Gasteiger partial charge in [0.05, 0.1) is 32.9 Å². The maximum absolute atomic E-state index is 8.89. The van der Waals surface area contributed by atoms with Gasteiger partial charge < -0.3 is 32.1 Å². The molecule has 0 aliphatic heterocycles. The first-order valence-corrected chi connectivity index (χ1v) is 19.3. The number of unbranched alkanes of at least 4 members (excludes halogenated alkanes) is 26. The maximum atomic E-state index is 8.89. The van der Waals surface area contributed by atoms with Gasteiger partial charge in [0.15, 0.2) is 0 Å². The third-order valence-corrected chi connectivity index (χ3v) is 9.13. The lowest BCUT2D eigenvalue weighted by Crippen LogP contribution is -3.00. The predicted molar refractivity (Wildman–Crippen MR) is 183 cm³/mol. The second-order valence-corrected chi connectivity index (χ2v) is 13.3. The van der Waals surface area contributed by atoms with E-state index in [2.05, 4.69) is 19.2 Å². The van der Waals surface area contributed by atoms with Gasteiger partial charge in [0.2, 0.25) is 0 Å². The van der Waals surface area contributed by atoms with Crippen molar-refractivity contribution in [1.82, 2.24) is 0 Å². The second kappa shape index (κ2) is 41.4. The van der Waals surface area contributed by atoms with E-state index in [0.717, 1.165) is 19.1 Å². The number of rotatable bonds is 37. The van der Waals surface area contributed by atoms with Crippen molar-refractivity contribution in [2.45, 2.75) is 206 Å². The highest BCUT2D eigenvalue weighted by atomic mass is 79.9. The molecule has 0 aliphatic rings. The molecule has 256 valence electrons. The summed E-state index contributed by atoms with van der Waals surface area (Å²) in [4.78, 5) is 0. The van der Waals surface area contributed by atoms with Crippen molar-refractivity contribution in [3.05, 3.63) is 0 Å². The molecule has 0 spiro atoms. The molecule has 0 atom stereocenters. The van der Waals surface area contributed by atoms with Crippen LogP contribution in [-0.2, 0) is 4.74 Å². The van der Waals surface area contributed by atoms with Gasteiger partial charge in [-0.2, -0.15) is 0 Å². The van der Waals surface area contributed by atoms with Crippen LogP contribution in [0.5, 0.6) is 0 Å². The van der Waals surface area contributed by atoms with Crippen molar-refractivity contribution in [1.29, 1.82) is 0 Å². The first-order chi connectivity index (χ1) is 20.3. The highest BCUT2D eigenvalue weighted by Gasteiger charge is 2.11. The number of quaternary nitrogens is 1. The first kappa shape index (κ1) is 44.5. The fraction of sp³-hybridized carbons (Fsp3) is 1.00. The van der Waals surface area contributed by atoms with Gasteiger partial charge in [-0.05, 0) is 12.8 Å². The molecule has 0 saturated carbocycles. The molecular formula is C38H80BrNO2. The smallest absolute Gasteiger partial charge is 0.0993 e. The van der Waals surface area contributed by atoms with Crippen molar-refractivity contribution < 1.29 is 32.1 Å². The number of aliphatic hydroxyl groups excluding tert-OH is 1. The highest BCUT2D eigenvalue weighted by molar-refractivity contribution is 4.60. The predicted octanol–water partition coefficient (Wildman–Crippen LogP) is 7.92. The van der Waals surface area contributed by atoms with E-state index in [0.29, 0.717) is 6.61 Å². The lowest BCUT2D eigenvalue weighted by molar-refractivity contribution is -0.662. The van der Waals surface area contributed by atoms with Crippen LogP contribution in [0.1, 0.15) is 206 Å². The number of halogens is 1. The zero-order valence-electron chi connectivity index (χ0n) is 29.1. The Morgan fingerprint density at radius 1 is 0.452 bits per heavy atom. The molecule has 0 amide bonds. The van der Waals surface area contributed by atoms with Gasteiger partial charge in [0.25, 0.3) is 0 Å². The molecule has 3 N–H and O–H groups in total. The minimum absolute atomic E-state index is 0. The molecule has 0 rings (SSSR count). The van der Waals surface area contributed by atoms with E-state index in [9.17, 15) is 0 Å². The number of nitrogens with two attached hydrogens (primary N) is 1. The quantitative estimate of drug-likeness (QED) is 0.0665. The Balaban J connectivity index is 0. The van der Waals surface area contributed by atoms with Crippen LogP contribution in [0, 0.1) is 5.92 Å². The molecule has 3 nitrogen and oxygen atoms in total. The molecule has 4 heteroatoms. The first-order valence-electron chi connectivity index (χ1n) is 19.3. The molecular weight excluding hydrogens is 582 g/mol. The molecule has 0 aliphatic carbocycles. The summed E-state index contributed by atoms with van der Waals surface area (Å²) >= 11 is 0. The van der Waals surface area contributed by atoms with Gasteiger partial charge in [0.1, 0.15) is 0 Å². The van der Waals surface area contributed by atoms with Gasteiger partial charge >= 0.3 is 0 Å². The Morgan fingerprint density at radius 3 is 1.07 bits per heavy atom. The lowest BCUT2D eigenvalue weighted by atomic mass is 9.94. The van der Waals surface area contributed by atoms with Crippen molar-refractivity contribution in [2.75, 3.05) is 32.9 Å². The zero-order chi connectivity index (χ0) is 29.7. The van der Waals surface area contributed by atoms with Gasteiger partial charge in [-0.1, -0.05) is 194 Å². The van der Waals surface area contributed by atoms with Gasteiger partial charge in [-0.25, -0.2) is 0 Å². The highest BCUT2D eigenvalue weighted by Crippen LogP contribution is 2.19. The van der Waals surface area contributed by atoms with Gasteiger partial charge in [0, 0.05) is 5.92 Å². The lowest BCUT2D eigenvalue weighted by Gasteiger charge is -2.16. The van der Waals surface area contributed by atoms with Gasteiger partial charge in [-0.15, -0.1) is 0 Å². The van der Waals surface area contributed by atoms with E-state index < -0.39 is 0 Å². The molecule has 0 aromatic rings.